The van der Waals surface area contributed by atoms with E-state index in [1.165, 1.54) is 8.61 Å². The average Bonchev–Trinajstić information content (AvgIpc) is 2.87. The van der Waals surface area contributed by atoms with Gasteiger partial charge in [-0.25, -0.2) is 0 Å². The van der Waals surface area contributed by atoms with Crippen LogP contribution in [0.4, 0.5) is 0 Å². The van der Waals surface area contributed by atoms with E-state index in [9.17, 15) is 13.2 Å². The molecule has 126 valence electrons. The van der Waals surface area contributed by atoms with Crippen molar-refractivity contribution in [3.05, 3.63) is 30.1 Å². The Morgan fingerprint density at radius 2 is 2.04 bits per heavy atom. The summed E-state index contributed by atoms with van der Waals surface area (Å²) < 4.78 is 27.6. The molecule has 4 rings (SSSR count). The standard InChI is InChI=1S/C15H22N4O3S/c1-17(2)23(21,22)18-9-12-5-6-14(11-18)19(10-12)15(20)13-4-3-7-16-8-13/h3-4,7-8,12,14H,5-6,9-11H2,1-2H3. The van der Waals surface area contributed by atoms with Crippen molar-refractivity contribution in [1.82, 2.24) is 18.5 Å². The second kappa shape index (κ2) is 6.18. The molecule has 0 N–H and O–H groups in total. The van der Waals surface area contributed by atoms with E-state index < -0.39 is 10.2 Å². The molecular weight excluding hydrogens is 316 g/mol. The van der Waals surface area contributed by atoms with Crippen molar-refractivity contribution in [3.8, 4) is 0 Å². The summed E-state index contributed by atoms with van der Waals surface area (Å²) >= 11 is 0. The van der Waals surface area contributed by atoms with Gasteiger partial charge in [-0.2, -0.15) is 17.0 Å². The molecule has 0 spiro atoms. The summed E-state index contributed by atoms with van der Waals surface area (Å²) in [7, 11) is -0.362. The second-order valence-electron chi connectivity index (χ2n) is 6.40. The highest BCUT2D eigenvalue weighted by Gasteiger charge is 2.41. The van der Waals surface area contributed by atoms with E-state index in [0.29, 0.717) is 25.2 Å². The lowest BCUT2D eigenvalue weighted by Gasteiger charge is -2.36. The minimum atomic E-state index is -3.45. The predicted molar refractivity (Wildman–Crippen MR) is 86.0 cm³/mol. The Balaban J connectivity index is 1.84. The van der Waals surface area contributed by atoms with Crippen molar-refractivity contribution in [2.24, 2.45) is 5.92 Å². The lowest BCUT2D eigenvalue weighted by Crippen LogP contribution is -2.48. The molecule has 23 heavy (non-hydrogen) atoms. The second-order valence-corrected chi connectivity index (χ2v) is 8.55. The third-order valence-electron chi connectivity index (χ3n) is 4.64. The fourth-order valence-corrected chi connectivity index (χ4v) is 4.58. The van der Waals surface area contributed by atoms with Crippen LogP contribution in [-0.4, -0.2) is 72.6 Å². The summed E-state index contributed by atoms with van der Waals surface area (Å²) in [5.41, 5.74) is 0.557. The topological polar surface area (TPSA) is 73.8 Å². The molecule has 4 heterocycles. The summed E-state index contributed by atoms with van der Waals surface area (Å²) in [4.78, 5) is 18.6. The maximum atomic E-state index is 12.7. The van der Waals surface area contributed by atoms with Crippen LogP contribution in [0.1, 0.15) is 23.2 Å². The number of carbonyl (C=O) groups is 1. The SMILES string of the molecule is CN(C)S(=O)(=O)N1CC2CCC(C1)N(C(=O)c1cccnc1)C2. The molecule has 2 bridgehead atoms. The van der Waals surface area contributed by atoms with Crippen LogP contribution in [0.2, 0.25) is 0 Å². The Labute approximate surface area is 137 Å². The van der Waals surface area contributed by atoms with Gasteiger partial charge in [-0.05, 0) is 30.9 Å². The molecule has 7 nitrogen and oxygen atoms in total. The molecule has 1 amide bonds. The maximum absolute atomic E-state index is 12.7. The number of carbonyl (C=O) groups excluding carboxylic acids is 1. The van der Waals surface area contributed by atoms with Gasteiger partial charge in [-0.15, -0.1) is 0 Å². The molecule has 3 aliphatic rings. The van der Waals surface area contributed by atoms with Gasteiger partial charge < -0.3 is 4.90 Å². The van der Waals surface area contributed by atoms with Gasteiger partial charge in [-0.3, -0.25) is 9.78 Å². The molecule has 2 atom stereocenters. The first kappa shape index (κ1) is 16.4. The number of pyridine rings is 1. The van der Waals surface area contributed by atoms with Crippen LogP contribution in [-0.2, 0) is 10.2 Å². The fraction of sp³-hybridized carbons (Fsp3) is 0.600. The Morgan fingerprint density at radius 1 is 1.26 bits per heavy atom. The highest BCUT2D eigenvalue weighted by molar-refractivity contribution is 7.86. The lowest BCUT2D eigenvalue weighted by atomic mass is 9.94. The minimum absolute atomic E-state index is 0.0584. The molecule has 0 radical (unpaired) electrons. The van der Waals surface area contributed by atoms with Gasteiger partial charge >= 0.3 is 0 Å². The van der Waals surface area contributed by atoms with Crippen LogP contribution in [0.25, 0.3) is 0 Å². The number of aromatic nitrogens is 1. The zero-order chi connectivity index (χ0) is 16.6. The van der Waals surface area contributed by atoms with E-state index in [1.54, 1.807) is 38.6 Å². The van der Waals surface area contributed by atoms with Crippen LogP contribution in [0.3, 0.4) is 0 Å². The van der Waals surface area contributed by atoms with Gasteiger partial charge in [0.25, 0.3) is 16.1 Å². The van der Waals surface area contributed by atoms with Gasteiger partial charge in [0.1, 0.15) is 0 Å². The van der Waals surface area contributed by atoms with Gasteiger partial charge in [0.05, 0.1) is 5.56 Å². The smallest absolute Gasteiger partial charge is 0.281 e. The van der Waals surface area contributed by atoms with Crippen molar-refractivity contribution < 1.29 is 13.2 Å². The molecular formula is C15H22N4O3S. The van der Waals surface area contributed by atoms with E-state index in [4.69, 9.17) is 0 Å². The van der Waals surface area contributed by atoms with Crippen molar-refractivity contribution >= 4 is 16.1 Å². The first-order chi connectivity index (χ1) is 10.9. The number of piperidine rings is 1. The van der Waals surface area contributed by atoms with E-state index in [0.717, 1.165) is 12.8 Å². The van der Waals surface area contributed by atoms with Gasteiger partial charge in [0, 0.05) is 52.2 Å². The average molecular weight is 338 g/mol. The predicted octanol–water partition coefficient (Wildman–Crippen LogP) is 0.424. The van der Waals surface area contributed by atoms with Crippen LogP contribution in [0.5, 0.6) is 0 Å². The summed E-state index contributed by atoms with van der Waals surface area (Å²) in [6.07, 6.45) is 5.00. The van der Waals surface area contributed by atoms with E-state index in [2.05, 4.69) is 4.98 Å². The van der Waals surface area contributed by atoms with Gasteiger partial charge in [-0.1, -0.05) is 0 Å². The molecule has 8 heteroatoms. The molecule has 1 aromatic heterocycles. The Morgan fingerprint density at radius 3 is 2.70 bits per heavy atom. The fourth-order valence-electron chi connectivity index (χ4n) is 3.36. The molecule has 2 unspecified atom stereocenters. The van der Waals surface area contributed by atoms with Crippen molar-refractivity contribution in [2.75, 3.05) is 33.7 Å². The molecule has 0 aliphatic carbocycles. The van der Waals surface area contributed by atoms with Crippen LogP contribution >= 0.6 is 0 Å². The van der Waals surface area contributed by atoms with Crippen molar-refractivity contribution in [1.29, 1.82) is 0 Å². The monoisotopic (exact) mass is 338 g/mol. The normalized spacial score (nSPS) is 25.6. The lowest BCUT2D eigenvalue weighted by molar-refractivity contribution is 0.0588. The minimum Gasteiger partial charge on any atom is -0.334 e. The summed E-state index contributed by atoms with van der Waals surface area (Å²) in [6, 6.07) is 3.42. The third kappa shape index (κ3) is 3.11. The quantitative estimate of drug-likeness (QED) is 0.801. The molecule has 3 fully saturated rings. The largest absolute Gasteiger partial charge is 0.334 e. The number of rotatable bonds is 3. The Bertz CT molecular complexity index is 677. The highest BCUT2D eigenvalue weighted by Crippen LogP contribution is 2.30. The number of hydrogen-bond acceptors (Lipinski definition) is 4. The van der Waals surface area contributed by atoms with Gasteiger partial charge in [0.15, 0.2) is 0 Å². The Kier molecular flexibility index (Phi) is 4.39. The molecule has 1 aromatic rings. The third-order valence-corrected chi connectivity index (χ3v) is 6.51. The van der Waals surface area contributed by atoms with Crippen LogP contribution in [0, 0.1) is 5.92 Å². The first-order valence-corrected chi connectivity index (χ1v) is 9.18. The molecule has 3 saturated heterocycles. The molecule has 0 aromatic carbocycles. The zero-order valence-corrected chi connectivity index (χ0v) is 14.2. The maximum Gasteiger partial charge on any atom is 0.281 e. The summed E-state index contributed by atoms with van der Waals surface area (Å²) in [6.45, 7) is 1.45. The highest BCUT2D eigenvalue weighted by atomic mass is 32.2. The van der Waals surface area contributed by atoms with E-state index >= 15 is 0 Å². The van der Waals surface area contributed by atoms with E-state index in [-0.39, 0.29) is 17.9 Å². The van der Waals surface area contributed by atoms with Crippen molar-refractivity contribution in [2.45, 2.75) is 18.9 Å². The van der Waals surface area contributed by atoms with Crippen LogP contribution < -0.4 is 0 Å². The van der Waals surface area contributed by atoms with Gasteiger partial charge in [0.2, 0.25) is 0 Å². The molecule has 3 aliphatic heterocycles. The number of fused-ring (bicyclic) bond motifs is 4. The zero-order valence-electron chi connectivity index (χ0n) is 13.4. The number of hydrogen-bond donors (Lipinski definition) is 0. The summed E-state index contributed by atoms with van der Waals surface area (Å²) in [5, 5.41) is 0. The molecule has 0 saturated carbocycles. The number of nitrogens with zero attached hydrogens (tertiary/aromatic N) is 4. The van der Waals surface area contributed by atoms with Crippen molar-refractivity contribution in [3.63, 3.8) is 0 Å². The van der Waals surface area contributed by atoms with Crippen LogP contribution in [0.15, 0.2) is 24.5 Å². The Hall–Kier alpha value is -1.51. The van der Waals surface area contributed by atoms with E-state index in [1.807, 2.05) is 4.90 Å². The number of amides is 1. The summed E-state index contributed by atoms with van der Waals surface area (Å²) in [5.74, 6) is 0.126. The first-order valence-electron chi connectivity index (χ1n) is 7.78.